The number of carbonyl (C=O) groups is 1. The lowest BCUT2D eigenvalue weighted by molar-refractivity contribution is -0.150. The molecule has 2 aromatic rings. The number of esters is 1. The molecule has 0 aromatic carbocycles. The van der Waals surface area contributed by atoms with Crippen molar-refractivity contribution >= 4 is 12.2 Å². The summed E-state index contributed by atoms with van der Waals surface area (Å²) in [6, 6.07) is 0.695. The zero-order valence-corrected chi connectivity index (χ0v) is 20.0. The van der Waals surface area contributed by atoms with Crippen LogP contribution in [-0.2, 0) is 21.9 Å². The molecule has 17 heteroatoms. The lowest BCUT2D eigenvalue weighted by atomic mass is 10.0. The Hall–Kier alpha value is -4.05. The lowest BCUT2D eigenvalue weighted by Gasteiger charge is -2.21. The number of aromatic nitrogens is 4. The summed E-state index contributed by atoms with van der Waals surface area (Å²) in [6.45, 7) is 1.66. The Labute approximate surface area is 214 Å². The molecule has 1 aliphatic rings. The molecule has 0 amide bonds. The van der Waals surface area contributed by atoms with Gasteiger partial charge < -0.3 is 15.4 Å². The van der Waals surface area contributed by atoms with Gasteiger partial charge in [0.15, 0.2) is 5.82 Å². The van der Waals surface area contributed by atoms with Crippen molar-refractivity contribution < 1.29 is 49.0 Å². The molecule has 3 rings (SSSR count). The topological polar surface area (TPSA) is 94.0 Å². The SMILES string of the molecule is CC(C)OC(=O)/C(=C/n1cnc(-c2cc(C(F)(F)F)nc(C(F)(F)F)c2)n1)C1=CC=C(NCC(F)(F)F)NC1. The molecule has 39 heavy (non-hydrogen) atoms. The maximum absolute atomic E-state index is 13.1. The number of alkyl halides is 9. The number of halogens is 9. The predicted octanol–water partition coefficient (Wildman–Crippen LogP) is 4.69. The quantitative estimate of drug-likeness (QED) is 0.284. The molecule has 3 heterocycles. The van der Waals surface area contributed by atoms with Crippen molar-refractivity contribution in [3.63, 3.8) is 0 Å². The fraction of sp³-hybridized carbons (Fsp3) is 0.364. The largest absolute Gasteiger partial charge is 0.459 e. The Bertz CT molecular complexity index is 1270. The van der Waals surface area contributed by atoms with Gasteiger partial charge in [0.05, 0.1) is 17.5 Å². The van der Waals surface area contributed by atoms with Gasteiger partial charge in [0, 0.05) is 18.3 Å². The minimum Gasteiger partial charge on any atom is -0.459 e. The highest BCUT2D eigenvalue weighted by atomic mass is 19.4. The molecule has 8 nitrogen and oxygen atoms in total. The van der Waals surface area contributed by atoms with Gasteiger partial charge in [-0.15, -0.1) is 5.10 Å². The normalized spacial score (nSPS) is 15.0. The van der Waals surface area contributed by atoms with E-state index in [1.807, 2.05) is 0 Å². The molecular weight excluding hydrogens is 551 g/mol. The first-order valence-corrected chi connectivity index (χ1v) is 10.9. The van der Waals surface area contributed by atoms with E-state index >= 15 is 0 Å². The van der Waals surface area contributed by atoms with Crippen LogP contribution in [0.15, 0.2) is 47.6 Å². The van der Waals surface area contributed by atoms with E-state index in [1.54, 1.807) is 13.8 Å². The Balaban J connectivity index is 1.99. The molecule has 0 unspecified atom stereocenters. The Kier molecular flexibility index (Phi) is 8.30. The number of carbonyl (C=O) groups excluding carboxylic acids is 1. The number of hydrogen-bond acceptors (Lipinski definition) is 7. The smallest absolute Gasteiger partial charge is 0.433 e. The first-order chi connectivity index (χ1) is 17.9. The van der Waals surface area contributed by atoms with Crippen LogP contribution in [0.5, 0.6) is 0 Å². The second-order valence-corrected chi connectivity index (χ2v) is 8.26. The van der Waals surface area contributed by atoms with Crippen LogP contribution in [-0.4, -0.2) is 51.1 Å². The molecule has 1 aliphatic heterocycles. The van der Waals surface area contributed by atoms with Crippen LogP contribution in [0.2, 0.25) is 0 Å². The highest BCUT2D eigenvalue weighted by molar-refractivity contribution is 5.97. The average Bonchev–Trinajstić information content (AvgIpc) is 3.28. The van der Waals surface area contributed by atoms with Crippen LogP contribution < -0.4 is 10.6 Å². The van der Waals surface area contributed by atoms with Gasteiger partial charge in [-0.25, -0.2) is 19.4 Å². The van der Waals surface area contributed by atoms with Gasteiger partial charge in [-0.2, -0.15) is 39.5 Å². The predicted molar refractivity (Wildman–Crippen MR) is 117 cm³/mol. The Morgan fingerprint density at radius 2 is 1.69 bits per heavy atom. The zero-order chi connectivity index (χ0) is 29.2. The minimum atomic E-state index is -5.19. The molecule has 0 spiro atoms. The maximum Gasteiger partial charge on any atom is 0.433 e. The number of nitrogens with zero attached hydrogens (tertiary/aromatic N) is 4. The second kappa shape index (κ2) is 11.0. The van der Waals surface area contributed by atoms with E-state index in [-0.39, 0.29) is 23.5 Å². The summed E-state index contributed by atoms with van der Waals surface area (Å²) in [6.07, 6.45) is -10.9. The average molecular weight is 570 g/mol. The molecule has 0 radical (unpaired) electrons. The van der Waals surface area contributed by atoms with Crippen molar-refractivity contribution in [1.29, 1.82) is 0 Å². The van der Waals surface area contributed by atoms with E-state index in [4.69, 9.17) is 4.74 Å². The summed E-state index contributed by atoms with van der Waals surface area (Å²) in [7, 11) is 0. The van der Waals surface area contributed by atoms with Crippen LogP contribution in [0.25, 0.3) is 17.6 Å². The van der Waals surface area contributed by atoms with Crippen molar-refractivity contribution in [2.75, 3.05) is 13.1 Å². The first kappa shape index (κ1) is 29.5. The monoisotopic (exact) mass is 570 g/mol. The number of hydrogen-bond donors (Lipinski definition) is 2. The highest BCUT2D eigenvalue weighted by Gasteiger charge is 2.39. The molecule has 0 bridgehead atoms. The molecule has 2 aromatic heterocycles. The third kappa shape index (κ3) is 8.22. The molecule has 0 fully saturated rings. The van der Waals surface area contributed by atoms with Gasteiger partial charge in [0.25, 0.3) is 0 Å². The van der Waals surface area contributed by atoms with Gasteiger partial charge in [-0.05, 0) is 37.6 Å². The highest BCUT2D eigenvalue weighted by Crippen LogP contribution is 2.35. The van der Waals surface area contributed by atoms with Gasteiger partial charge in [0.2, 0.25) is 0 Å². The molecule has 212 valence electrons. The van der Waals surface area contributed by atoms with Crippen LogP contribution >= 0.6 is 0 Å². The molecule has 0 saturated heterocycles. The van der Waals surface area contributed by atoms with Crippen LogP contribution in [0.1, 0.15) is 25.2 Å². The lowest BCUT2D eigenvalue weighted by Crippen LogP contribution is -2.36. The summed E-state index contributed by atoms with van der Waals surface area (Å²) >= 11 is 0. The third-order valence-electron chi connectivity index (χ3n) is 4.74. The zero-order valence-electron chi connectivity index (χ0n) is 20.0. The van der Waals surface area contributed by atoms with E-state index in [1.165, 1.54) is 12.2 Å². The van der Waals surface area contributed by atoms with Crippen molar-refractivity contribution in [3.05, 3.63) is 59.0 Å². The van der Waals surface area contributed by atoms with Crippen molar-refractivity contribution in [2.24, 2.45) is 0 Å². The van der Waals surface area contributed by atoms with E-state index in [2.05, 4.69) is 25.7 Å². The fourth-order valence-electron chi connectivity index (χ4n) is 3.09. The number of dihydropyridines is 1. The minimum absolute atomic E-state index is 0.0225. The van der Waals surface area contributed by atoms with Crippen LogP contribution in [0.4, 0.5) is 39.5 Å². The molecule has 0 aliphatic carbocycles. The molecule has 0 saturated carbocycles. The van der Waals surface area contributed by atoms with Crippen molar-refractivity contribution in [3.8, 4) is 11.4 Å². The summed E-state index contributed by atoms with van der Waals surface area (Å²) in [5, 5.41) is 8.64. The summed E-state index contributed by atoms with van der Waals surface area (Å²) in [4.78, 5) is 19.1. The first-order valence-electron chi connectivity index (χ1n) is 10.9. The van der Waals surface area contributed by atoms with Crippen LogP contribution in [0, 0.1) is 0 Å². The summed E-state index contributed by atoms with van der Waals surface area (Å²) < 4.78 is 122. The number of nitrogens with one attached hydrogen (secondary N) is 2. The number of allylic oxidation sites excluding steroid dienone is 2. The van der Waals surface area contributed by atoms with E-state index in [9.17, 15) is 44.3 Å². The van der Waals surface area contributed by atoms with Gasteiger partial charge >= 0.3 is 24.5 Å². The Morgan fingerprint density at radius 3 is 2.18 bits per heavy atom. The van der Waals surface area contributed by atoms with Gasteiger partial charge in [0.1, 0.15) is 24.3 Å². The fourth-order valence-corrected chi connectivity index (χ4v) is 3.09. The number of pyridine rings is 1. The maximum atomic E-state index is 13.1. The number of ether oxygens (including phenoxy) is 1. The third-order valence-corrected chi connectivity index (χ3v) is 4.74. The van der Waals surface area contributed by atoms with E-state index < -0.39 is 59.9 Å². The molecule has 0 atom stereocenters. The molecule has 2 N–H and O–H groups in total. The van der Waals surface area contributed by atoms with Gasteiger partial charge in [-0.1, -0.05) is 6.08 Å². The second-order valence-electron chi connectivity index (χ2n) is 8.26. The Morgan fingerprint density at radius 1 is 1.08 bits per heavy atom. The van der Waals surface area contributed by atoms with Crippen LogP contribution in [0.3, 0.4) is 0 Å². The van der Waals surface area contributed by atoms with Gasteiger partial charge in [-0.3, -0.25) is 0 Å². The van der Waals surface area contributed by atoms with Crippen molar-refractivity contribution in [1.82, 2.24) is 30.4 Å². The number of rotatable bonds is 7. The molecular formula is C22H19F9N6O2. The summed E-state index contributed by atoms with van der Waals surface area (Å²) in [5.74, 6) is -1.39. The standard InChI is InChI=1S/C22H19F9N6O2/c1-11(2)39-19(38)14(12-3-4-17(32-7-12)33-9-20(23,24)25)8-37-10-34-18(36-37)13-5-15(21(26,27)28)35-16(6-13)22(29,30)31/h3-6,8,10-11,32-33H,7,9H2,1-2H3/b14-8+. The van der Waals surface area contributed by atoms with Crippen molar-refractivity contribution in [2.45, 2.75) is 38.5 Å². The summed E-state index contributed by atoms with van der Waals surface area (Å²) in [5.41, 5.74) is -4.16. The van der Waals surface area contributed by atoms with E-state index in [0.717, 1.165) is 17.2 Å². The van der Waals surface area contributed by atoms with E-state index in [0.29, 0.717) is 12.1 Å².